The van der Waals surface area contributed by atoms with Crippen molar-refractivity contribution in [2.75, 3.05) is 19.0 Å². The molecule has 0 bridgehead atoms. The van der Waals surface area contributed by atoms with Crippen LogP contribution in [0, 0.1) is 5.82 Å². The van der Waals surface area contributed by atoms with Crippen molar-refractivity contribution >= 4 is 18.3 Å². The third-order valence-corrected chi connectivity index (χ3v) is 3.08. The van der Waals surface area contributed by atoms with Crippen LogP contribution >= 0.6 is 0 Å². The molecule has 0 saturated carbocycles. The highest BCUT2D eigenvalue weighted by atomic mass is 19.1. The standard InChI is InChI=1S/C15H17BFNO3/c1-18(2)12-4-3-5-13(9-12)21-10-11-6-7-15(17)14(8-11)16(19)20/h3-9,19-20H,10H2,1-2H3. The van der Waals surface area contributed by atoms with Crippen LogP contribution in [0.25, 0.3) is 0 Å². The fourth-order valence-corrected chi connectivity index (χ4v) is 1.90. The third kappa shape index (κ3) is 3.96. The van der Waals surface area contributed by atoms with Crippen LogP contribution in [0.4, 0.5) is 10.1 Å². The monoisotopic (exact) mass is 289 g/mol. The van der Waals surface area contributed by atoms with Crippen LogP contribution in [-0.4, -0.2) is 31.3 Å². The average molecular weight is 289 g/mol. The van der Waals surface area contributed by atoms with Crippen molar-refractivity contribution in [3.05, 3.63) is 53.8 Å². The Morgan fingerprint density at radius 1 is 1.14 bits per heavy atom. The Labute approximate surface area is 123 Å². The summed E-state index contributed by atoms with van der Waals surface area (Å²) in [7, 11) is 2.05. The largest absolute Gasteiger partial charge is 0.491 e. The van der Waals surface area contributed by atoms with Gasteiger partial charge in [-0.05, 0) is 23.8 Å². The first kappa shape index (κ1) is 15.3. The Morgan fingerprint density at radius 3 is 2.57 bits per heavy atom. The van der Waals surface area contributed by atoms with Crippen molar-refractivity contribution in [3.63, 3.8) is 0 Å². The van der Waals surface area contributed by atoms with Gasteiger partial charge in [-0.15, -0.1) is 0 Å². The van der Waals surface area contributed by atoms with E-state index in [1.165, 1.54) is 12.1 Å². The summed E-state index contributed by atoms with van der Waals surface area (Å²) in [5, 5.41) is 18.2. The van der Waals surface area contributed by atoms with Gasteiger partial charge in [0, 0.05) is 31.3 Å². The normalized spacial score (nSPS) is 10.3. The zero-order valence-corrected chi connectivity index (χ0v) is 12.0. The maximum absolute atomic E-state index is 13.4. The summed E-state index contributed by atoms with van der Waals surface area (Å²) in [6.45, 7) is 0.219. The summed E-state index contributed by atoms with van der Waals surface area (Å²) in [6, 6.07) is 11.7. The number of nitrogens with zero attached hydrogens (tertiary/aromatic N) is 1. The number of halogens is 1. The Hall–Kier alpha value is -2.05. The lowest BCUT2D eigenvalue weighted by molar-refractivity contribution is 0.306. The van der Waals surface area contributed by atoms with Gasteiger partial charge in [0.15, 0.2) is 0 Å². The second-order valence-corrected chi connectivity index (χ2v) is 4.91. The SMILES string of the molecule is CN(C)c1cccc(OCc2ccc(F)c(B(O)O)c2)c1. The molecular weight excluding hydrogens is 272 g/mol. The number of anilines is 1. The maximum atomic E-state index is 13.4. The van der Waals surface area contributed by atoms with Crippen molar-refractivity contribution in [1.29, 1.82) is 0 Å². The van der Waals surface area contributed by atoms with Crippen LogP contribution in [0.2, 0.25) is 0 Å². The van der Waals surface area contributed by atoms with Gasteiger partial charge in [-0.2, -0.15) is 0 Å². The fraction of sp³-hybridized carbons (Fsp3) is 0.200. The molecule has 0 amide bonds. The van der Waals surface area contributed by atoms with Gasteiger partial charge < -0.3 is 19.7 Å². The lowest BCUT2D eigenvalue weighted by Crippen LogP contribution is -2.33. The summed E-state index contributed by atoms with van der Waals surface area (Å²) in [5.41, 5.74) is 1.52. The van der Waals surface area contributed by atoms with E-state index in [-0.39, 0.29) is 12.1 Å². The first-order valence-electron chi connectivity index (χ1n) is 6.52. The summed E-state index contributed by atoms with van der Waals surface area (Å²) < 4.78 is 19.0. The van der Waals surface area contributed by atoms with E-state index in [1.807, 2.05) is 43.3 Å². The maximum Gasteiger partial charge on any atom is 0.491 e. The van der Waals surface area contributed by atoms with Gasteiger partial charge in [-0.25, -0.2) is 4.39 Å². The van der Waals surface area contributed by atoms with E-state index in [9.17, 15) is 4.39 Å². The molecule has 0 aliphatic rings. The van der Waals surface area contributed by atoms with Crippen molar-refractivity contribution in [2.45, 2.75) is 6.61 Å². The molecule has 2 N–H and O–H groups in total. The molecule has 0 aromatic heterocycles. The third-order valence-electron chi connectivity index (χ3n) is 3.08. The zero-order chi connectivity index (χ0) is 15.4. The second-order valence-electron chi connectivity index (χ2n) is 4.91. The van der Waals surface area contributed by atoms with E-state index in [0.29, 0.717) is 11.3 Å². The average Bonchev–Trinajstić information content (AvgIpc) is 2.46. The lowest BCUT2D eigenvalue weighted by Gasteiger charge is -2.14. The number of ether oxygens (including phenoxy) is 1. The second kappa shape index (κ2) is 6.60. The van der Waals surface area contributed by atoms with Crippen molar-refractivity contribution < 1.29 is 19.2 Å². The predicted molar refractivity (Wildman–Crippen MR) is 81.3 cm³/mol. The molecule has 0 aliphatic heterocycles. The first-order valence-corrected chi connectivity index (χ1v) is 6.52. The highest BCUT2D eigenvalue weighted by Crippen LogP contribution is 2.20. The first-order chi connectivity index (χ1) is 9.97. The van der Waals surface area contributed by atoms with Crippen molar-refractivity contribution in [2.24, 2.45) is 0 Å². The molecule has 2 rings (SSSR count). The van der Waals surface area contributed by atoms with E-state index >= 15 is 0 Å². The van der Waals surface area contributed by atoms with Crippen LogP contribution in [0.3, 0.4) is 0 Å². The van der Waals surface area contributed by atoms with Crippen molar-refractivity contribution in [1.82, 2.24) is 0 Å². The topological polar surface area (TPSA) is 52.9 Å². The summed E-state index contributed by atoms with van der Waals surface area (Å²) in [6.07, 6.45) is 0. The van der Waals surface area contributed by atoms with Gasteiger partial charge in [0.1, 0.15) is 18.2 Å². The number of rotatable bonds is 5. The van der Waals surface area contributed by atoms with Crippen LogP contribution in [0.5, 0.6) is 5.75 Å². The number of benzene rings is 2. The molecule has 6 heteroatoms. The highest BCUT2D eigenvalue weighted by Gasteiger charge is 2.16. The van der Waals surface area contributed by atoms with Crippen LogP contribution < -0.4 is 15.1 Å². The molecule has 2 aromatic rings. The number of hydrogen-bond donors (Lipinski definition) is 2. The molecule has 0 heterocycles. The van der Waals surface area contributed by atoms with Gasteiger partial charge in [0.2, 0.25) is 0 Å². The summed E-state index contributed by atoms with van der Waals surface area (Å²) in [5.74, 6) is 0.0416. The van der Waals surface area contributed by atoms with Gasteiger partial charge in [0.05, 0.1) is 0 Å². The molecule has 0 atom stereocenters. The Bertz CT molecular complexity index is 620. The minimum absolute atomic E-state index is 0.154. The van der Waals surface area contributed by atoms with Crippen LogP contribution in [-0.2, 0) is 6.61 Å². The molecule has 0 saturated heterocycles. The van der Waals surface area contributed by atoms with Gasteiger partial charge >= 0.3 is 7.12 Å². The Morgan fingerprint density at radius 2 is 1.90 bits per heavy atom. The Kier molecular flexibility index (Phi) is 4.83. The molecular formula is C15H17BFNO3. The number of hydrogen-bond acceptors (Lipinski definition) is 4. The molecule has 0 fully saturated rings. The molecule has 21 heavy (non-hydrogen) atoms. The zero-order valence-electron chi connectivity index (χ0n) is 12.0. The van der Waals surface area contributed by atoms with Gasteiger partial charge in [0.25, 0.3) is 0 Å². The van der Waals surface area contributed by atoms with E-state index in [1.54, 1.807) is 6.07 Å². The van der Waals surface area contributed by atoms with E-state index in [4.69, 9.17) is 14.8 Å². The molecule has 0 spiro atoms. The van der Waals surface area contributed by atoms with E-state index in [2.05, 4.69) is 0 Å². The smallest absolute Gasteiger partial charge is 0.489 e. The molecule has 0 aliphatic carbocycles. The molecule has 0 unspecified atom stereocenters. The van der Waals surface area contributed by atoms with E-state index < -0.39 is 12.9 Å². The fourth-order valence-electron chi connectivity index (χ4n) is 1.90. The molecule has 110 valence electrons. The van der Waals surface area contributed by atoms with E-state index in [0.717, 1.165) is 5.69 Å². The van der Waals surface area contributed by atoms with Gasteiger partial charge in [-0.1, -0.05) is 18.2 Å². The van der Waals surface area contributed by atoms with Crippen molar-refractivity contribution in [3.8, 4) is 5.75 Å². The summed E-state index contributed by atoms with van der Waals surface area (Å²) in [4.78, 5) is 1.96. The minimum Gasteiger partial charge on any atom is -0.489 e. The quantitative estimate of drug-likeness (QED) is 0.811. The molecule has 0 radical (unpaired) electrons. The minimum atomic E-state index is -1.83. The highest BCUT2D eigenvalue weighted by molar-refractivity contribution is 6.58. The summed E-state index contributed by atoms with van der Waals surface area (Å²) >= 11 is 0. The van der Waals surface area contributed by atoms with Gasteiger partial charge in [-0.3, -0.25) is 0 Å². The molecule has 2 aromatic carbocycles. The van der Waals surface area contributed by atoms with Crippen LogP contribution in [0.1, 0.15) is 5.56 Å². The lowest BCUT2D eigenvalue weighted by atomic mass is 9.79. The Balaban J connectivity index is 2.09. The van der Waals surface area contributed by atoms with Crippen LogP contribution in [0.15, 0.2) is 42.5 Å². The predicted octanol–water partition coefficient (Wildman–Crippen LogP) is 1.15. The molecule has 4 nitrogen and oxygen atoms in total.